The average molecular weight is 371 g/mol. The Morgan fingerprint density at radius 2 is 2.23 bits per heavy atom. The second kappa shape index (κ2) is 7.07. The molecule has 2 aliphatic rings. The fourth-order valence-electron chi connectivity index (χ4n) is 3.39. The highest BCUT2D eigenvalue weighted by Gasteiger charge is 2.26. The normalized spacial score (nSPS) is 19.2. The van der Waals surface area contributed by atoms with Crippen LogP contribution in [0.15, 0.2) is 24.3 Å². The van der Waals surface area contributed by atoms with E-state index in [0.29, 0.717) is 29.1 Å². The molecule has 0 radical (unpaired) electrons. The summed E-state index contributed by atoms with van der Waals surface area (Å²) >= 11 is 1.55. The van der Waals surface area contributed by atoms with Crippen molar-refractivity contribution in [3.8, 4) is 5.75 Å². The zero-order valence-electron chi connectivity index (χ0n) is 14.7. The number of thiazole rings is 1. The summed E-state index contributed by atoms with van der Waals surface area (Å²) in [6.07, 6.45) is 3.39. The van der Waals surface area contributed by atoms with Crippen molar-refractivity contribution in [1.82, 2.24) is 4.98 Å². The Morgan fingerprint density at radius 1 is 1.38 bits per heavy atom. The Morgan fingerprint density at radius 3 is 3.12 bits per heavy atom. The van der Waals surface area contributed by atoms with Gasteiger partial charge in [-0.05, 0) is 37.3 Å². The molecule has 4 rings (SSSR count). The third-order valence-corrected chi connectivity index (χ3v) is 5.80. The lowest BCUT2D eigenvalue weighted by atomic mass is 9.93. The fraction of sp³-hybridized carbons (Fsp3) is 0.421. The fourth-order valence-corrected chi connectivity index (χ4v) is 4.58. The first kappa shape index (κ1) is 17.0. The van der Waals surface area contributed by atoms with Crippen LogP contribution >= 0.6 is 11.3 Å². The SMILES string of the molecule is C[C@H]1CCc2nc(NC(=O)CN3C(=O)CCOc4ccccc43)sc2C1. The molecule has 136 valence electrons. The largest absolute Gasteiger partial charge is 0.491 e. The zero-order valence-corrected chi connectivity index (χ0v) is 15.5. The summed E-state index contributed by atoms with van der Waals surface area (Å²) in [6.45, 7) is 2.52. The number of benzene rings is 1. The first-order chi connectivity index (χ1) is 12.6. The van der Waals surface area contributed by atoms with Gasteiger partial charge in [0.05, 0.1) is 24.4 Å². The number of aromatic nitrogens is 1. The number of nitrogens with one attached hydrogen (secondary N) is 1. The molecule has 0 fully saturated rings. The highest BCUT2D eigenvalue weighted by atomic mass is 32.1. The van der Waals surface area contributed by atoms with Crippen LogP contribution in [0.25, 0.3) is 0 Å². The van der Waals surface area contributed by atoms with Gasteiger partial charge >= 0.3 is 0 Å². The van der Waals surface area contributed by atoms with Crippen LogP contribution in [0.5, 0.6) is 5.75 Å². The Hall–Kier alpha value is -2.41. The van der Waals surface area contributed by atoms with E-state index in [1.54, 1.807) is 17.4 Å². The van der Waals surface area contributed by atoms with E-state index >= 15 is 0 Å². The molecule has 1 aromatic carbocycles. The Balaban J connectivity index is 1.49. The molecule has 2 aromatic rings. The molecular weight excluding hydrogens is 350 g/mol. The van der Waals surface area contributed by atoms with Gasteiger partial charge in [0, 0.05) is 4.88 Å². The van der Waals surface area contributed by atoms with Crippen molar-refractivity contribution in [2.24, 2.45) is 5.92 Å². The highest BCUT2D eigenvalue weighted by Crippen LogP contribution is 2.33. The molecule has 2 amide bonds. The Labute approximate surface area is 156 Å². The van der Waals surface area contributed by atoms with Gasteiger partial charge in [-0.25, -0.2) is 4.98 Å². The minimum Gasteiger partial charge on any atom is -0.491 e. The monoisotopic (exact) mass is 371 g/mol. The average Bonchev–Trinajstić information content (AvgIpc) is 2.93. The summed E-state index contributed by atoms with van der Waals surface area (Å²) < 4.78 is 5.61. The smallest absolute Gasteiger partial charge is 0.246 e. The number of aryl methyl sites for hydroxylation is 1. The van der Waals surface area contributed by atoms with Gasteiger partial charge in [-0.15, -0.1) is 11.3 Å². The number of amides is 2. The molecule has 26 heavy (non-hydrogen) atoms. The van der Waals surface area contributed by atoms with Crippen LogP contribution in [0.3, 0.4) is 0 Å². The van der Waals surface area contributed by atoms with Crippen LogP contribution in [-0.4, -0.2) is 29.9 Å². The van der Waals surface area contributed by atoms with Gasteiger partial charge in [-0.2, -0.15) is 0 Å². The van der Waals surface area contributed by atoms with E-state index in [9.17, 15) is 9.59 Å². The number of para-hydroxylation sites is 2. The summed E-state index contributed by atoms with van der Waals surface area (Å²) in [5.74, 6) is 0.939. The maximum absolute atomic E-state index is 12.5. The van der Waals surface area contributed by atoms with Crippen molar-refractivity contribution in [3.63, 3.8) is 0 Å². The number of hydrogen-bond acceptors (Lipinski definition) is 5. The van der Waals surface area contributed by atoms with Crippen molar-refractivity contribution in [1.29, 1.82) is 0 Å². The summed E-state index contributed by atoms with van der Waals surface area (Å²) in [5, 5.41) is 3.49. The molecule has 6 nitrogen and oxygen atoms in total. The number of rotatable bonds is 3. The predicted octanol–water partition coefficient (Wildman–Crippen LogP) is 3.02. The molecule has 0 saturated heterocycles. The van der Waals surface area contributed by atoms with Gasteiger partial charge < -0.3 is 10.1 Å². The van der Waals surface area contributed by atoms with Crippen LogP contribution in [-0.2, 0) is 22.4 Å². The molecule has 1 N–H and O–H groups in total. The summed E-state index contributed by atoms with van der Waals surface area (Å²) in [4.78, 5) is 32.3. The van der Waals surface area contributed by atoms with E-state index in [1.165, 1.54) is 9.78 Å². The minimum atomic E-state index is -0.241. The second-order valence-corrected chi connectivity index (χ2v) is 7.91. The van der Waals surface area contributed by atoms with Crippen LogP contribution < -0.4 is 15.0 Å². The van der Waals surface area contributed by atoms with E-state index in [0.717, 1.165) is 25.0 Å². The maximum atomic E-state index is 12.5. The maximum Gasteiger partial charge on any atom is 0.246 e. The molecule has 0 unspecified atom stereocenters. The number of anilines is 2. The molecular formula is C19H21N3O3S. The predicted molar refractivity (Wildman–Crippen MR) is 101 cm³/mol. The quantitative estimate of drug-likeness (QED) is 0.900. The Kier molecular flexibility index (Phi) is 4.63. The molecule has 1 aliphatic carbocycles. The molecule has 0 saturated carbocycles. The molecule has 1 atom stereocenters. The first-order valence-corrected chi connectivity index (χ1v) is 9.72. The van der Waals surface area contributed by atoms with Crippen LogP contribution in [0.1, 0.15) is 30.3 Å². The summed E-state index contributed by atoms with van der Waals surface area (Å²) in [6, 6.07) is 7.31. The van der Waals surface area contributed by atoms with Gasteiger partial charge in [0.1, 0.15) is 12.3 Å². The number of carbonyl (C=O) groups is 2. The molecule has 0 bridgehead atoms. The Bertz CT molecular complexity index is 848. The second-order valence-electron chi connectivity index (χ2n) is 6.83. The van der Waals surface area contributed by atoms with E-state index in [4.69, 9.17) is 4.74 Å². The van der Waals surface area contributed by atoms with Gasteiger partial charge in [-0.3, -0.25) is 14.5 Å². The van der Waals surface area contributed by atoms with Gasteiger partial charge in [-0.1, -0.05) is 19.1 Å². The number of carbonyl (C=O) groups excluding carboxylic acids is 2. The van der Waals surface area contributed by atoms with Crippen LogP contribution in [0.2, 0.25) is 0 Å². The highest BCUT2D eigenvalue weighted by molar-refractivity contribution is 7.15. The molecule has 1 aromatic heterocycles. The van der Waals surface area contributed by atoms with Crippen molar-refractivity contribution < 1.29 is 14.3 Å². The molecule has 1 aliphatic heterocycles. The number of ether oxygens (including phenoxy) is 1. The third kappa shape index (κ3) is 3.44. The summed E-state index contributed by atoms with van der Waals surface area (Å²) in [5.41, 5.74) is 1.74. The van der Waals surface area contributed by atoms with Crippen molar-refractivity contribution in [2.75, 3.05) is 23.4 Å². The number of hydrogen-bond donors (Lipinski definition) is 1. The lowest BCUT2D eigenvalue weighted by Crippen LogP contribution is -2.37. The lowest BCUT2D eigenvalue weighted by molar-refractivity contribution is -0.121. The molecule has 2 heterocycles. The van der Waals surface area contributed by atoms with E-state index < -0.39 is 0 Å². The standard InChI is InChI=1S/C19H21N3O3S/c1-12-6-7-13-16(10-12)26-19(20-13)21-17(23)11-22-14-4-2-3-5-15(14)25-9-8-18(22)24/h2-5,12H,6-11H2,1H3,(H,20,21,23)/t12-/m0/s1. The van der Waals surface area contributed by atoms with Gasteiger partial charge in [0.2, 0.25) is 11.8 Å². The zero-order chi connectivity index (χ0) is 18.1. The molecule has 0 spiro atoms. The van der Waals surface area contributed by atoms with Gasteiger partial charge in [0.15, 0.2) is 5.13 Å². The van der Waals surface area contributed by atoms with Crippen LogP contribution in [0, 0.1) is 5.92 Å². The van der Waals surface area contributed by atoms with Crippen molar-refractivity contribution >= 4 is 34.0 Å². The lowest BCUT2D eigenvalue weighted by Gasteiger charge is -2.20. The topological polar surface area (TPSA) is 71.5 Å². The van der Waals surface area contributed by atoms with E-state index in [1.807, 2.05) is 18.2 Å². The minimum absolute atomic E-state index is 0.0418. The van der Waals surface area contributed by atoms with Crippen LogP contribution in [0.4, 0.5) is 10.8 Å². The number of fused-ring (bicyclic) bond motifs is 2. The number of nitrogens with zero attached hydrogens (tertiary/aromatic N) is 2. The van der Waals surface area contributed by atoms with Gasteiger partial charge in [0.25, 0.3) is 0 Å². The first-order valence-electron chi connectivity index (χ1n) is 8.91. The summed E-state index contributed by atoms with van der Waals surface area (Å²) in [7, 11) is 0. The van der Waals surface area contributed by atoms with E-state index in [-0.39, 0.29) is 24.8 Å². The molecule has 7 heteroatoms. The third-order valence-electron chi connectivity index (χ3n) is 4.76. The van der Waals surface area contributed by atoms with Crippen molar-refractivity contribution in [2.45, 2.75) is 32.6 Å². The van der Waals surface area contributed by atoms with E-state index in [2.05, 4.69) is 17.2 Å². The van der Waals surface area contributed by atoms with Crippen molar-refractivity contribution in [3.05, 3.63) is 34.8 Å².